The molecule has 0 amide bonds. The first-order chi connectivity index (χ1) is 10.6. The van der Waals surface area contributed by atoms with Crippen LogP contribution in [-0.4, -0.2) is 37.6 Å². The van der Waals surface area contributed by atoms with Crippen LogP contribution in [0.5, 0.6) is 0 Å². The smallest absolute Gasteiger partial charge is 0.162 e. The van der Waals surface area contributed by atoms with Gasteiger partial charge in [0, 0.05) is 38.5 Å². The molecule has 22 heavy (non-hydrogen) atoms. The van der Waals surface area contributed by atoms with E-state index in [1.54, 1.807) is 7.11 Å². The SMILES string of the molecule is COCc1cc(CC2CC(NC3CCOCC3)C2(C)C)no1. The van der Waals surface area contributed by atoms with Crippen molar-refractivity contribution in [3.8, 4) is 0 Å². The normalized spacial score (nSPS) is 28.5. The number of nitrogens with one attached hydrogen (secondary N) is 1. The van der Waals surface area contributed by atoms with Gasteiger partial charge in [0.2, 0.25) is 0 Å². The third-order valence-electron chi connectivity index (χ3n) is 5.48. The zero-order valence-electron chi connectivity index (χ0n) is 13.9. The van der Waals surface area contributed by atoms with E-state index in [-0.39, 0.29) is 0 Å². The lowest BCUT2D eigenvalue weighted by Gasteiger charge is -2.54. The number of nitrogens with zero attached hydrogens (tertiary/aromatic N) is 1. The van der Waals surface area contributed by atoms with E-state index in [9.17, 15) is 0 Å². The van der Waals surface area contributed by atoms with Crippen molar-refractivity contribution in [2.24, 2.45) is 11.3 Å². The fraction of sp³-hybridized carbons (Fsp3) is 0.824. The third kappa shape index (κ3) is 3.36. The van der Waals surface area contributed by atoms with Crippen molar-refractivity contribution in [3.63, 3.8) is 0 Å². The summed E-state index contributed by atoms with van der Waals surface area (Å²) in [6.45, 7) is 7.03. The molecule has 1 N–H and O–H groups in total. The number of hydrogen-bond donors (Lipinski definition) is 1. The minimum Gasteiger partial charge on any atom is -0.381 e. The van der Waals surface area contributed by atoms with Crippen molar-refractivity contribution in [1.29, 1.82) is 0 Å². The third-order valence-corrected chi connectivity index (χ3v) is 5.48. The quantitative estimate of drug-likeness (QED) is 0.875. The maximum Gasteiger partial charge on any atom is 0.162 e. The summed E-state index contributed by atoms with van der Waals surface area (Å²) in [5.74, 6) is 1.47. The fourth-order valence-electron chi connectivity index (χ4n) is 3.71. The first-order valence-electron chi connectivity index (χ1n) is 8.36. The topological polar surface area (TPSA) is 56.5 Å². The van der Waals surface area contributed by atoms with Crippen molar-refractivity contribution in [2.75, 3.05) is 20.3 Å². The predicted octanol–water partition coefficient (Wildman–Crippen LogP) is 2.55. The highest BCUT2D eigenvalue weighted by Crippen LogP contribution is 2.48. The van der Waals surface area contributed by atoms with Gasteiger partial charge in [-0.2, -0.15) is 0 Å². The molecular formula is C17H28N2O3. The van der Waals surface area contributed by atoms with Crippen LogP contribution in [-0.2, 0) is 22.5 Å². The van der Waals surface area contributed by atoms with E-state index in [2.05, 4.69) is 24.3 Å². The maximum atomic E-state index is 5.44. The average molecular weight is 308 g/mol. The van der Waals surface area contributed by atoms with E-state index in [0.29, 0.717) is 30.0 Å². The Morgan fingerprint density at radius 2 is 2.14 bits per heavy atom. The first-order valence-corrected chi connectivity index (χ1v) is 8.36. The van der Waals surface area contributed by atoms with Crippen molar-refractivity contribution < 1.29 is 14.0 Å². The van der Waals surface area contributed by atoms with Crippen LogP contribution in [0.2, 0.25) is 0 Å². The molecular weight excluding hydrogens is 280 g/mol. The number of methoxy groups -OCH3 is 1. The molecule has 1 aliphatic carbocycles. The molecule has 0 aromatic carbocycles. The predicted molar refractivity (Wildman–Crippen MR) is 83.6 cm³/mol. The van der Waals surface area contributed by atoms with Gasteiger partial charge in [-0.05, 0) is 37.0 Å². The van der Waals surface area contributed by atoms with E-state index < -0.39 is 0 Å². The number of rotatable bonds is 6. The summed E-state index contributed by atoms with van der Waals surface area (Å²) < 4.78 is 15.8. The minimum absolute atomic E-state index is 0.304. The first kappa shape index (κ1) is 16.0. The fourth-order valence-corrected chi connectivity index (χ4v) is 3.71. The molecule has 0 spiro atoms. The van der Waals surface area contributed by atoms with Crippen LogP contribution in [0.15, 0.2) is 10.6 Å². The van der Waals surface area contributed by atoms with E-state index in [1.807, 2.05) is 6.07 Å². The molecule has 5 heteroatoms. The number of ether oxygens (including phenoxy) is 2. The Balaban J connectivity index is 1.51. The molecule has 0 bridgehead atoms. The zero-order chi connectivity index (χ0) is 15.6. The summed E-state index contributed by atoms with van der Waals surface area (Å²) in [6, 6.07) is 3.25. The molecule has 1 aliphatic heterocycles. The van der Waals surface area contributed by atoms with Crippen LogP contribution in [0.25, 0.3) is 0 Å². The summed E-state index contributed by atoms with van der Waals surface area (Å²) in [5.41, 5.74) is 1.35. The van der Waals surface area contributed by atoms with Gasteiger partial charge in [-0.25, -0.2) is 0 Å². The van der Waals surface area contributed by atoms with E-state index in [4.69, 9.17) is 14.0 Å². The highest BCUT2D eigenvalue weighted by Gasteiger charge is 2.48. The van der Waals surface area contributed by atoms with E-state index in [0.717, 1.165) is 43.9 Å². The molecule has 2 fully saturated rings. The lowest BCUT2D eigenvalue weighted by atomic mass is 9.57. The van der Waals surface area contributed by atoms with Crippen LogP contribution < -0.4 is 5.32 Å². The Morgan fingerprint density at radius 1 is 1.36 bits per heavy atom. The molecule has 2 unspecified atom stereocenters. The van der Waals surface area contributed by atoms with Gasteiger partial charge in [0.1, 0.15) is 6.61 Å². The average Bonchev–Trinajstić information content (AvgIpc) is 2.95. The van der Waals surface area contributed by atoms with E-state index in [1.165, 1.54) is 6.42 Å². The molecule has 1 aromatic heterocycles. The molecule has 1 aromatic rings. The van der Waals surface area contributed by atoms with Gasteiger partial charge in [-0.3, -0.25) is 0 Å². The molecule has 1 saturated carbocycles. The zero-order valence-corrected chi connectivity index (χ0v) is 13.9. The summed E-state index contributed by atoms with van der Waals surface area (Å²) in [7, 11) is 1.67. The van der Waals surface area contributed by atoms with Crippen LogP contribution in [0.3, 0.4) is 0 Å². The lowest BCUT2D eigenvalue weighted by molar-refractivity contribution is -0.00758. The van der Waals surface area contributed by atoms with Gasteiger partial charge in [-0.15, -0.1) is 0 Å². The summed E-state index contributed by atoms with van der Waals surface area (Å²) in [4.78, 5) is 0. The van der Waals surface area contributed by atoms with Crippen molar-refractivity contribution >= 4 is 0 Å². The Hall–Kier alpha value is -0.910. The maximum absolute atomic E-state index is 5.44. The molecule has 2 aliphatic rings. The van der Waals surface area contributed by atoms with Gasteiger partial charge >= 0.3 is 0 Å². The van der Waals surface area contributed by atoms with Crippen LogP contribution in [0, 0.1) is 11.3 Å². The van der Waals surface area contributed by atoms with Crippen LogP contribution in [0.4, 0.5) is 0 Å². The second kappa shape index (κ2) is 6.69. The largest absolute Gasteiger partial charge is 0.381 e. The molecule has 0 radical (unpaired) electrons. The summed E-state index contributed by atoms with van der Waals surface area (Å²) >= 11 is 0. The second-order valence-corrected chi connectivity index (χ2v) is 7.28. The van der Waals surface area contributed by atoms with Gasteiger partial charge in [0.25, 0.3) is 0 Å². The highest BCUT2D eigenvalue weighted by atomic mass is 16.5. The Kier molecular flexibility index (Phi) is 4.85. The monoisotopic (exact) mass is 308 g/mol. The molecule has 3 rings (SSSR count). The molecule has 2 heterocycles. The van der Waals surface area contributed by atoms with Gasteiger partial charge in [-0.1, -0.05) is 19.0 Å². The minimum atomic E-state index is 0.304. The highest BCUT2D eigenvalue weighted by molar-refractivity contribution is 5.11. The van der Waals surface area contributed by atoms with E-state index >= 15 is 0 Å². The van der Waals surface area contributed by atoms with Gasteiger partial charge < -0.3 is 19.3 Å². The summed E-state index contributed by atoms with van der Waals surface area (Å²) in [5, 5.41) is 8.01. The van der Waals surface area contributed by atoms with Gasteiger partial charge in [0.05, 0.1) is 5.69 Å². The molecule has 1 saturated heterocycles. The lowest BCUT2D eigenvalue weighted by Crippen LogP contribution is -2.60. The van der Waals surface area contributed by atoms with Gasteiger partial charge in [0.15, 0.2) is 5.76 Å². The second-order valence-electron chi connectivity index (χ2n) is 7.28. The Bertz CT molecular complexity index is 480. The molecule has 2 atom stereocenters. The number of hydrogen-bond acceptors (Lipinski definition) is 5. The van der Waals surface area contributed by atoms with Crippen LogP contribution in [0.1, 0.15) is 44.6 Å². The van der Waals surface area contributed by atoms with Crippen molar-refractivity contribution in [2.45, 2.75) is 58.2 Å². The molecule has 124 valence electrons. The van der Waals surface area contributed by atoms with Crippen LogP contribution >= 0.6 is 0 Å². The van der Waals surface area contributed by atoms with Crippen molar-refractivity contribution in [3.05, 3.63) is 17.5 Å². The number of aromatic nitrogens is 1. The standard InChI is InChI=1S/C17H28N2O3/c1-17(2)12(8-14-10-15(11-20-3)22-19-14)9-16(17)18-13-4-6-21-7-5-13/h10,12-13,16,18H,4-9,11H2,1-3H3. The molecule has 5 nitrogen and oxygen atoms in total. The summed E-state index contributed by atoms with van der Waals surface area (Å²) in [6.07, 6.45) is 4.49. The Morgan fingerprint density at radius 3 is 2.82 bits per heavy atom. The Labute approximate surface area is 132 Å². The van der Waals surface area contributed by atoms with Crippen molar-refractivity contribution in [1.82, 2.24) is 10.5 Å².